The molecule has 1 rings (SSSR count). The molecule has 106 valence electrons. The van der Waals surface area contributed by atoms with Gasteiger partial charge in [0.05, 0.1) is 0 Å². The van der Waals surface area contributed by atoms with Crippen molar-refractivity contribution in [2.24, 2.45) is 0 Å². The molecule has 0 bridgehead atoms. The smallest absolute Gasteiger partial charge is 0.676 e. The molecule has 2 atom stereocenters. The zero-order valence-corrected chi connectivity index (χ0v) is 12.4. The molecular weight excluding hydrogens is 419 g/mol. The molecule has 0 aliphatic heterocycles. The summed E-state index contributed by atoms with van der Waals surface area (Å²) in [5, 5.41) is 16.1. The second-order valence-electron chi connectivity index (χ2n) is 3.97. The molecule has 1 aliphatic rings. The van der Waals surface area contributed by atoms with Gasteiger partial charge in [-0.05, 0) is 6.92 Å². The minimum Gasteiger partial charge on any atom is -0.676 e. The molecule has 0 spiro atoms. The van der Waals surface area contributed by atoms with Crippen molar-refractivity contribution >= 4 is 11.9 Å². The van der Waals surface area contributed by atoms with Gasteiger partial charge in [0.2, 0.25) is 0 Å². The first-order chi connectivity index (χ1) is 7.84. The van der Waals surface area contributed by atoms with E-state index in [9.17, 15) is 9.59 Å². The molecule has 1 saturated carbocycles. The first-order valence-electron chi connectivity index (χ1n) is 5.41. The van der Waals surface area contributed by atoms with Crippen molar-refractivity contribution in [3.63, 3.8) is 0 Å². The molecule has 0 heterocycles. The van der Waals surface area contributed by atoms with Gasteiger partial charge in [0, 0.05) is 11.6 Å². The van der Waals surface area contributed by atoms with Gasteiger partial charge in [-0.2, -0.15) is 12.1 Å². The van der Waals surface area contributed by atoms with Crippen molar-refractivity contribution in [1.29, 1.82) is 0 Å². The van der Waals surface area contributed by atoms with Gasteiger partial charge in [-0.25, -0.2) is 9.59 Å². The predicted molar refractivity (Wildman–Crippen MR) is 63.7 cm³/mol. The number of carbonyl (C=O) groups is 2. The summed E-state index contributed by atoms with van der Waals surface area (Å²) < 4.78 is 0. The molecular formula is C11H18N2O4Pt. The molecule has 7 heteroatoms. The Morgan fingerprint density at radius 2 is 1.50 bits per heavy atom. The molecule has 0 amide bonds. The molecule has 0 saturated heterocycles. The predicted octanol–water partition coefficient (Wildman–Crippen LogP) is 2.50. The third-order valence-electron chi connectivity index (χ3n) is 2.44. The fraction of sp³-hybridized carbons (Fsp3) is 0.636. The van der Waals surface area contributed by atoms with Crippen LogP contribution in [-0.4, -0.2) is 34.2 Å². The maximum absolute atomic E-state index is 9.90. The second-order valence-corrected chi connectivity index (χ2v) is 3.97. The van der Waals surface area contributed by atoms with Crippen LogP contribution in [0.2, 0.25) is 0 Å². The molecule has 6 nitrogen and oxygen atoms in total. The minimum atomic E-state index is -1.24. The van der Waals surface area contributed by atoms with E-state index in [0.717, 1.165) is 12.8 Å². The van der Waals surface area contributed by atoms with Crippen LogP contribution in [0.3, 0.4) is 0 Å². The summed E-state index contributed by atoms with van der Waals surface area (Å²) in [5.74, 6) is -2.45. The van der Waals surface area contributed by atoms with Gasteiger partial charge >= 0.3 is 33.0 Å². The summed E-state index contributed by atoms with van der Waals surface area (Å²) in [5.41, 5.74) is 14.4. The van der Waals surface area contributed by atoms with E-state index < -0.39 is 11.9 Å². The molecule has 1 fully saturated rings. The van der Waals surface area contributed by atoms with Crippen molar-refractivity contribution in [3.05, 3.63) is 23.1 Å². The summed E-state index contributed by atoms with van der Waals surface area (Å²) in [4.78, 5) is 19.7. The van der Waals surface area contributed by atoms with Crippen LogP contribution in [0.15, 0.2) is 11.6 Å². The van der Waals surface area contributed by atoms with Crippen LogP contribution in [0.25, 0.3) is 11.5 Å². The molecule has 0 aromatic heterocycles. The Hall–Kier alpha value is -0.712. The fourth-order valence-electron chi connectivity index (χ4n) is 1.38. The molecule has 18 heavy (non-hydrogen) atoms. The topological polar surface area (TPSA) is 122 Å². The number of hydrogen-bond acceptors (Lipinski definition) is 2. The van der Waals surface area contributed by atoms with Crippen LogP contribution < -0.4 is 0 Å². The van der Waals surface area contributed by atoms with Crippen LogP contribution in [0.4, 0.5) is 0 Å². The second kappa shape index (κ2) is 10.2. The van der Waals surface area contributed by atoms with Gasteiger partial charge in [0.25, 0.3) is 0 Å². The van der Waals surface area contributed by atoms with Crippen LogP contribution >= 0.6 is 0 Å². The van der Waals surface area contributed by atoms with Gasteiger partial charge in [0.1, 0.15) is 0 Å². The van der Waals surface area contributed by atoms with E-state index in [1.54, 1.807) is 0 Å². The van der Waals surface area contributed by atoms with Crippen molar-refractivity contribution < 1.29 is 40.9 Å². The normalized spacial score (nSPS) is 23.2. The van der Waals surface area contributed by atoms with Crippen LogP contribution in [0, 0.1) is 0 Å². The molecule has 0 aromatic carbocycles. The number of hydrogen-bond donors (Lipinski definition) is 2. The molecule has 0 radical (unpaired) electrons. The maximum Gasteiger partial charge on any atom is 2.00 e. The van der Waals surface area contributed by atoms with E-state index in [4.69, 9.17) is 21.7 Å². The average molecular weight is 437 g/mol. The third kappa shape index (κ3) is 9.33. The van der Waals surface area contributed by atoms with E-state index >= 15 is 0 Å². The van der Waals surface area contributed by atoms with Crippen LogP contribution in [0.1, 0.15) is 32.6 Å². The largest absolute Gasteiger partial charge is 2.00 e. The Labute approximate surface area is 121 Å². The van der Waals surface area contributed by atoms with Crippen LogP contribution in [0.5, 0.6) is 0 Å². The van der Waals surface area contributed by atoms with Gasteiger partial charge < -0.3 is 21.7 Å². The van der Waals surface area contributed by atoms with Gasteiger partial charge in [-0.1, -0.05) is 25.7 Å². The summed E-state index contributed by atoms with van der Waals surface area (Å²) in [6.07, 6.45) is 4.89. The van der Waals surface area contributed by atoms with E-state index in [0.29, 0.717) is 6.08 Å². The number of carboxylic acids is 2. The van der Waals surface area contributed by atoms with Crippen molar-refractivity contribution in [2.45, 2.75) is 44.7 Å². The minimum absolute atomic E-state index is 0. The fourth-order valence-corrected chi connectivity index (χ4v) is 1.38. The molecule has 4 N–H and O–H groups in total. The maximum atomic E-state index is 9.90. The SMILES string of the molecule is CC(=CC(=O)O)C(=O)O.[NH-]C1CCCCC1[NH-].[Pt+2]. The first-order valence-corrected chi connectivity index (χ1v) is 5.41. The average Bonchev–Trinajstić information content (AvgIpc) is 2.22. The summed E-state index contributed by atoms with van der Waals surface area (Å²) in [7, 11) is 0. The van der Waals surface area contributed by atoms with Gasteiger partial charge in [-0.3, -0.25) is 0 Å². The Morgan fingerprint density at radius 3 is 1.67 bits per heavy atom. The van der Waals surface area contributed by atoms with Gasteiger partial charge in [-0.15, -0.1) is 0 Å². The Morgan fingerprint density at radius 1 is 1.11 bits per heavy atom. The summed E-state index contributed by atoms with van der Waals surface area (Å²) in [6.45, 7) is 1.22. The van der Waals surface area contributed by atoms with Crippen molar-refractivity contribution in [2.75, 3.05) is 0 Å². The van der Waals surface area contributed by atoms with E-state index in [2.05, 4.69) is 0 Å². The van der Waals surface area contributed by atoms with Crippen molar-refractivity contribution in [3.8, 4) is 0 Å². The molecule has 1 aliphatic carbocycles. The third-order valence-corrected chi connectivity index (χ3v) is 2.44. The van der Waals surface area contributed by atoms with E-state index in [1.165, 1.54) is 19.8 Å². The zero-order chi connectivity index (χ0) is 13.4. The molecule has 2 unspecified atom stereocenters. The molecule has 0 aromatic rings. The Balaban J connectivity index is 0. The Kier molecular flexibility index (Phi) is 11.2. The first kappa shape index (κ1) is 19.6. The number of rotatable bonds is 2. The van der Waals surface area contributed by atoms with E-state index in [-0.39, 0.29) is 38.7 Å². The van der Waals surface area contributed by atoms with Crippen molar-refractivity contribution in [1.82, 2.24) is 0 Å². The van der Waals surface area contributed by atoms with Gasteiger partial charge in [0.15, 0.2) is 0 Å². The Bertz CT molecular complexity index is 297. The zero-order valence-electron chi connectivity index (χ0n) is 10.1. The summed E-state index contributed by atoms with van der Waals surface area (Å²) >= 11 is 0. The standard InChI is InChI=1S/C6H12N2.C5H6O4.Pt/c7-5-3-1-2-4-6(5)8;1-3(5(8)9)2-4(6)7;/h5-8H,1-4H2;2H,1H3,(H,6,7)(H,8,9);/q-2;;+2. The van der Waals surface area contributed by atoms with Crippen LogP contribution in [-0.2, 0) is 30.7 Å². The van der Waals surface area contributed by atoms with E-state index in [1.807, 2.05) is 0 Å². The summed E-state index contributed by atoms with van der Waals surface area (Å²) in [6, 6.07) is -0.160. The quantitative estimate of drug-likeness (QED) is 0.645. The monoisotopic (exact) mass is 437 g/mol. The number of aliphatic carboxylic acids is 2. The number of nitrogens with one attached hydrogen (secondary N) is 2. The number of carboxylic acid groups (broad SMARTS) is 2.